The van der Waals surface area contributed by atoms with Gasteiger partial charge in [-0.3, -0.25) is 9.78 Å². The van der Waals surface area contributed by atoms with E-state index < -0.39 is 23.5 Å². The van der Waals surface area contributed by atoms with Crippen LogP contribution in [0.2, 0.25) is 5.02 Å². The van der Waals surface area contributed by atoms with Crippen LogP contribution in [0.5, 0.6) is 11.5 Å². The zero-order valence-corrected chi connectivity index (χ0v) is 35.6. The summed E-state index contributed by atoms with van der Waals surface area (Å²) in [5, 5.41) is 28.1. The Labute approximate surface area is 361 Å². The molecule has 5 aromatic rings. The van der Waals surface area contributed by atoms with E-state index in [-0.39, 0.29) is 36.2 Å². The maximum Gasteiger partial charge on any atom is 0.330 e. The number of ether oxygens (including phenoxy) is 2. The number of carboxylic acid groups (broad SMARTS) is 2. The average molecular weight is 847 g/mol. The van der Waals surface area contributed by atoms with Gasteiger partial charge in [0.15, 0.2) is 6.04 Å². The number of hydrogen-bond acceptors (Lipinski definition) is 7. The van der Waals surface area contributed by atoms with Crippen LogP contribution in [0.4, 0.5) is 5.69 Å². The first-order valence-electron chi connectivity index (χ1n) is 21.7. The van der Waals surface area contributed by atoms with Crippen molar-refractivity contribution >= 4 is 46.0 Å². The zero-order chi connectivity index (χ0) is 42.7. The van der Waals surface area contributed by atoms with Gasteiger partial charge >= 0.3 is 11.9 Å². The highest BCUT2D eigenvalue weighted by atomic mass is 35.5. The van der Waals surface area contributed by atoms with Crippen LogP contribution in [-0.4, -0.2) is 56.8 Å². The summed E-state index contributed by atoms with van der Waals surface area (Å²) in [4.78, 5) is 46.1. The topological polar surface area (TPSA) is 163 Å². The molecule has 1 saturated carbocycles. The minimum absolute atomic E-state index is 0.0991. The van der Waals surface area contributed by atoms with Gasteiger partial charge in [0.2, 0.25) is 5.91 Å². The third-order valence-electron chi connectivity index (χ3n) is 13.6. The number of carbonyl (C=O) groups excluding carboxylic acids is 1. The lowest BCUT2D eigenvalue weighted by atomic mass is 9.59. The molecule has 1 spiro atoms. The van der Waals surface area contributed by atoms with Crippen LogP contribution in [0.1, 0.15) is 112 Å². The predicted octanol–water partition coefficient (Wildman–Crippen LogP) is 9.78. The van der Waals surface area contributed by atoms with Crippen LogP contribution in [0, 0.1) is 11.8 Å². The number of carbonyl (C=O) groups is 3. The molecule has 0 saturated heterocycles. The van der Waals surface area contributed by atoms with Gasteiger partial charge in [0, 0.05) is 51.7 Å². The number of carboxylic acids is 2. The summed E-state index contributed by atoms with van der Waals surface area (Å²) in [5.74, 6) is 0.201. The Morgan fingerprint density at radius 1 is 1.00 bits per heavy atom. The molecule has 0 aliphatic heterocycles. The number of benzene rings is 3. The molecule has 320 valence electrons. The highest BCUT2D eigenvalue weighted by Gasteiger charge is 2.54. The average Bonchev–Trinajstić information content (AvgIpc) is 3.84. The zero-order valence-electron chi connectivity index (χ0n) is 34.8. The Bertz CT molecular complexity index is 2410. The summed E-state index contributed by atoms with van der Waals surface area (Å²) >= 11 is 6.31. The normalized spacial score (nSPS) is 22.8. The highest BCUT2D eigenvalue weighted by molar-refractivity contribution is 6.30. The first-order valence-corrected chi connectivity index (χ1v) is 22.0. The van der Waals surface area contributed by atoms with Crippen molar-refractivity contribution in [1.82, 2.24) is 15.3 Å². The van der Waals surface area contributed by atoms with Crippen molar-refractivity contribution in [3.05, 3.63) is 118 Å². The van der Waals surface area contributed by atoms with E-state index in [4.69, 9.17) is 21.1 Å². The van der Waals surface area contributed by atoms with Crippen molar-refractivity contribution < 1.29 is 34.1 Å². The summed E-state index contributed by atoms with van der Waals surface area (Å²) in [7, 11) is 0. The number of nitrogens with one attached hydrogen (secondary N) is 3. The molecule has 2 aromatic heterocycles. The van der Waals surface area contributed by atoms with Gasteiger partial charge < -0.3 is 35.3 Å². The van der Waals surface area contributed by atoms with E-state index in [0.717, 1.165) is 54.5 Å². The smallest absolute Gasteiger partial charge is 0.330 e. The molecule has 2 heterocycles. The third kappa shape index (κ3) is 8.80. The number of aryl methyl sites for hydroxylation is 1. The number of aliphatic carboxylic acids is 2. The molecular weight excluding hydrogens is 792 g/mol. The van der Waals surface area contributed by atoms with Gasteiger partial charge in [-0.25, -0.2) is 9.59 Å². The number of rotatable bonds is 16. The van der Waals surface area contributed by atoms with E-state index in [9.17, 15) is 24.6 Å². The summed E-state index contributed by atoms with van der Waals surface area (Å²) < 4.78 is 12.9. The van der Waals surface area contributed by atoms with Crippen LogP contribution in [0.25, 0.3) is 10.9 Å². The minimum Gasteiger partial charge on any atom is -0.494 e. The SMILES string of the molecule is C[C@@H](COc1ccnc2c1[C@H](C)CCC2)CC1Cc2ccc(OCCCC(=O)NC(C(=O)O)c3cccc4[nH]ccc34)cc2C12CCC(Nc1cccc(Cl)c1)(C(=O)O)CC2. The molecule has 61 heavy (non-hydrogen) atoms. The lowest BCUT2D eigenvalue weighted by Gasteiger charge is -2.47. The molecule has 11 nitrogen and oxygen atoms in total. The summed E-state index contributed by atoms with van der Waals surface area (Å²) in [6, 6.07) is 21.5. The molecule has 4 atom stereocenters. The van der Waals surface area contributed by atoms with Gasteiger partial charge in [0.05, 0.1) is 13.2 Å². The second-order valence-corrected chi connectivity index (χ2v) is 18.0. The van der Waals surface area contributed by atoms with Crippen LogP contribution < -0.4 is 20.1 Å². The van der Waals surface area contributed by atoms with Gasteiger partial charge in [0.1, 0.15) is 17.0 Å². The fraction of sp³-hybridized carbons (Fsp3) is 0.429. The molecule has 1 fully saturated rings. The van der Waals surface area contributed by atoms with E-state index in [1.165, 1.54) is 16.7 Å². The van der Waals surface area contributed by atoms with Crippen molar-refractivity contribution in [2.24, 2.45) is 11.8 Å². The lowest BCUT2D eigenvalue weighted by Crippen LogP contribution is -2.53. The second-order valence-electron chi connectivity index (χ2n) is 17.6. The van der Waals surface area contributed by atoms with Gasteiger partial charge in [-0.2, -0.15) is 0 Å². The van der Waals surface area contributed by atoms with Gasteiger partial charge in [0.25, 0.3) is 0 Å². The number of fused-ring (bicyclic) bond motifs is 4. The van der Waals surface area contributed by atoms with E-state index in [2.05, 4.69) is 46.6 Å². The van der Waals surface area contributed by atoms with Crippen LogP contribution in [0.3, 0.4) is 0 Å². The first-order chi connectivity index (χ1) is 29.4. The predicted molar refractivity (Wildman–Crippen MR) is 236 cm³/mol. The molecule has 1 amide bonds. The molecule has 8 rings (SSSR count). The molecule has 12 heteroatoms. The number of hydrogen-bond donors (Lipinski definition) is 5. The van der Waals surface area contributed by atoms with Gasteiger partial charge in [-0.05, 0) is 153 Å². The van der Waals surface area contributed by atoms with Crippen molar-refractivity contribution in [2.45, 2.75) is 107 Å². The fourth-order valence-electron chi connectivity index (χ4n) is 10.5. The number of amides is 1. The third-order valence-corrected chi connectivity index (χ3v) is 13.8. The van der Waals surface area contributed by atoms with Crippen LogP contribution in [-0.2, 0) is 32.6 Å². The Hall–Kier alpha value is -5.55. The van der Waals surface area contributed by atoms with Crippen molar-refractivity contribution in [1.29, 1.82) is 0 Å². The molecule has 0 bridgehead atoms. The Balaban J connectivity index is 0.963. The highest BCUT2D eigenvalue weighted by Crippen LogP contribution is 2.57. The second kappa shape index (κ2) is 17.8. The standard InChI is InChI=1S/C49H55ClN4O7/c1-30(29-61-42-17-23-52-41-12-3-7-31(2)44(41)42)25-33-26-32-14-15-36(60-24-6-13-43(55)53-45(46(56)57)38-10-5-11-40-37(38)16-22-51-40)28-39(32)48(33)18-20-49(21-19-48,47(58)59)54-35-9-4-8-34(50)27-35/h4-5,8-11,14-17,22-23,27-28,30-31,33,45,51,54H,3,6-7,12-13,18-21,24-26,29H2,1-2H3,(H,53,55)(H,56,57)(H,58,59)/t30-,31-,33?,45?,48?,49?/m1/s1. The number of pyridine rings is 1. The summed E-state index contributed by atoms with van der Waals surface area (Å²) in [6.07, 6.45) is 11.4. The number of anilines is 1. The van der Waals surface area contributed by atoms with Crippen molar-refractivity contribution in [2.75, 3.05) is 18.5 Å². The molecule has 3 aliphatic rings. The quantitative estimate of drug-likeness (QED) is 0.0609. The molecule has 3 aliphatic carbocycles. The molecule has 3 aromatic carbocycles. The largest absolute Gasteiger partial charge is 0.494 e. The number of nitrogens with zero attached hydrogens (tertiary/aromatic N) is 1. The lowest BCUT2D eigenvalue weighted by molar-refractivity contribution is -0.144. The fourth-order valence-corrected chi connectivity index (χ4v) is 10.6. The Morgan fingerprint density at radius 2 is 1.82 bits per heavy atom. The summed E-state index contributed by atoms with van der Waals surface area (Å²) in [5.41, 5.74) is 5.47. The first kappa shape index (κ1) is 42.2. The number of aromatic nitrogens is 2. The number of H-pyrrole nitrogens is 1. The van der Waals surface area contributed by atoms with E-state index >= 15 is 0 Å². The van der Waals surface area contributed by atoms with Crippen LogP contribution >= 0.6 is 11.6 Å². The molecule has 0 radical (unpaired) electrons. The maximum atomic E-state index is 13.1. The maximum absolute atomic E-state index is 13.1. The summed E-state index contributed by atoms with van der Waals surface area (Å²) in [6.45, 7) is 5.36. The Morgan fingerprint density at radius 3 is 2.61 bits per heavy atom. The van der Waals surface area contributed by atoms with Crippen LogP contribution in [0.15, 0.2) is 85.2 Å². The van der Waals surface area contributed by atoms with Gasteiger partial charge in [-0.1, -0.05) is 49.7 Å². The minimum atomic E-state index is -1.18. The molecule has 2 unspecified atom stereocenters. The van der Waals surface area contributed by atoms with Crippen molar-refractivity contribution in [3.8, 4) is 11.5 Å². The number of aromatic amines is 1. The van der Waals surface area contributed by atoms with Crippen molar-refractivity contribution in [3.63, 3.8) is 0 Å². The number of halogens is 1. The van der Waals surface area contributed by atoms with Gasteiger partial charge in [-0.15, -0.1) is 0 Å². The van der Waals surface area contributed by atoms with E-state index in [1.54, 1.807) is 30.5 Å². The van der Waals surface area contributed by atoms with E-state index in [0.29, 0.717) is 66.7 Å². The molecule has 5 N–H and O–H groups in total. The monoisotopic (exact) mass is 846 g/mol. The van der Waals surface area contributed by atoms with E-state index in [1.807, 2.05) is 42.6 Å². The Kier molecular flexibility index (Phi) is 12.3. The molecular formula is C49H55ClN4O7.